The van der Waals surface area contributed by atoms with E-state index in [0.29, 0.717) is 5.46 Å². The fourth-order valence-corrected chi connectivity index (χ4v) is 3.27. The van der Waals surface area contributed by atoms with Gasteiger partial charge in [-0.25, -0.2) is 0 Å². The van der Waals surface area contributed by atoms with Gasteiger partial charge in [0.25, 0.3) is 0 Å². The standard InChI is InChI=1S/C18H27BF3NO3S/c1-15(2,3)27(24)23-14(18(20,21)22)12-8-10-13(11-9-12)19-25-16(4,5)17(6,7)26-19/h8-11,14,23H,1-7H3/t14?,27-/m1/s1. The van der Waals surface area contributed by atoms with Crippen LogP contribution in [0.25, 0.3) is 0 Å². The summed E-state index contributed by atoms with van der Waals surface area (Å²) in [4.78, 5) is 0. The van der Waals surface area contributed by atoms with Crippen LogP contribution < -0.4 is 10.2 Å². The van der Waals surface area contributed by atoms with Crippen LogP contribution in [0.2, 0.25) is 0 Å². The third-order valence-corrected chi connectivity index (χ3v) is 6.47. The predicted octanol–water partition coefficient (Wildman–Crippen LogP) is 3.64. The second-order valence-corrected chi connectivity index (χ2v) is 10.7. The van der Waals surface area contributed by atoms with E-state index in [4.69, 9.17) is 9.31 Å². The van der Waals surface area contributed by atoms with E-state index in [-0.39, 0.29) is 5.56 Å². The Balaban J connectivity index is 2.23. The molecule has 1 heterocycles. The SMILES string of the molecule is CC(C)(C)[S@@+]([O-])NC(c1ccc(B2OC(C)(C)C(C)(C)O2)cc1)C(F)(F)F. The Bertz CT molecular complexity index is 643. The number of hydrogen-bond acceptors (Lipinski definition) is 4. The van der Waals surface area contributed by atoms with Crippen molar-refractivity contribution in [2.24, 2.45) is 0 Å². The first-order chi connectivity index (χ1) is 12.0. The molecule has 27 heavy (non-hydrogen) atoms. The van der Waals surface area contributed by atoms with Gasteiger partial charge in [0.2, 0.25) is 0 Å². The molecule has 1 fully saturated rings. The summed E-state index contributed by atoms with van der Waals surface area (Å²) in [5.74, 6) is 0. The van der Waals surface area contributed by atoms with Crippen LogP contribution >= 0.6 is 0 Å². The van der Waals surface area contributed by atoms with Gasteiger partial charge in [-0.3, -0.25) is 0 Å². The zero-order chi connectivity index (χ0) is 20.8. The van der Waals surface area contributed by atoms with Gasteiger partial charge in [-0.05, 0) is 59.5 Å². The molecule has 0 spiro atoms. The van der Waals surface area contributed by atoms with Crippen LogP contribution in [0.4, 0.5) is 13.2 Å². The largest absolute Gasteiger partial charge is 0.598 e. The summed E-state index contributed by atoms with van der Waals surface area (Å²) in [7, 11) is -0.648. The Morgan fingerprint density at radius 3 is 1.81 bits per heavy atom. The monoisotopic (exact) mass is 405 g/mol. The van der Waals surface area contributed by atoms with Crippen LogP contribution in [0.15, 0.2) is 24.3 Å². The number of rotatable bonds is 4. The lowest BCUT2D eigenvalue weighted by Crippen LogP contribution is -2.45. The van der Waals surface area contributed by atoms with E-state index in [1.165, 1.54) is 12.1 Å². The average Bonchev–Trinajstić information content (AvgIpc) is 2.71. The van der Waals surface area contributed by atoms with E-state index in [1.54, 1.807) is 32.9 Å². The topological polar surface area (TPSA) is 53.5 Å². The van der Waals surface area contributed by atoms with E-state index in [9.17, 15) is 17.7 Å². The first kappa shape index (κ1) is 22.6. The van der Waals surface area contributed by atoms with Gasteiger partial charge in [0.1, 0.15) is 4.75 Å². The van der Waals surface area contributed by atoms with Gasteiger partial charge in [-0.15, -0.1) is 4.72 Å². The molecule has 1 aromatic carbocycles. The Kier molecular flexibility index (Phi) is 6.06. The van der Waals surface area contributed by atoms with Crippen molar-refractivity contribution in [2.75, 3.05) is 0 Å². The fourth-order valence-electron chi connectivity index (χ4n) is 2.43. The van der Waals surface area contributed by atoms with Crippen LogP contribution in [-0.4, -0.2) is 33.8 Å². The molecule has 1 aliphatic heterocycles. The van der Waals surface area contributed by atoms with Gasteiger partial charge in [0.05, 0.1) is 11.2 Å². The van der Waals surface area contributed by atoms with Crippen molar-refractivity contribution in [2.45, 2.75) is 76.6 Å². The van der Waals surface area contributed by atoms with Gasteiger partial charge < -0.3 is 13.9 Å². The molecule has 9 heteroatoms. The van der Waals surface area contributed by atoms with Crippen LogP contribution in [0, 0.1) is 0 Å². The van der Waals surface area contributed by atoms with Crippen molar-refractivity contribution in [3.05, 3.63) is 29.8 Å². The average molecular weight is 405 g/mol. The molecule has 1 saturated heterocycles. The Hall–Kier alpha value is -0.735. The highest BCUT2D eigenvalue weighted by atomic mass is 32.2. The molecular formula is C18H27BF3NO3S. The maximum Gasteiger partial charge on any atom is 0.494 e. The maximum absolute atomic E-state index is 13.5. The summed E-state index contributed by atoms with van der Waals surface area (Å²) in [5.41, 5.74) is -0.443. The quantitative estimate of drug-likeness (QED) is 0.614. The highest BCUT2D eigenvalue weighted by Gasteiger charge is 2.52. The Morgan fingerprint density at radius 1 is 1.00 bits per heavy atom. The molecule has 1 aromatic rings. The van der Waals surface area contributed by atoms with Crippen molar-refractivity contribution < 1.29 is 27.0 Å². The van der Waals surface area contributed by atoms with Gasteiger partial charge in [-0.1, -0.05) is 24.3 Å². The molecule has 1 N–H and O–H groups in total. The van der Waals surface area contributed by atoms with Gasteiger partial charge >= 0.3 is 13.3 Å². The van der Waals surface area contributed by atoms with E-state index in [0.717, 1.165) is 0 Å². The zero-order valence-corrected chi connectivity index (χ0v) is 17.5. The minimum absolute atomic E-state index is 0.0135. The lowest BCUT2D eigenvalue weighted by atomic mass is 9.78. The second-order valence-electron chi connectivity index (χ2n) is 8.73. The summed E-state index contributed by atoms with van der Waals surface area (Å²) in [6.07, 6.45) is -4.58. The van der Waals surface area contributed by atoms with Gasteiger partial charge in [0.15, 0.2) is 6.04 Å². The molecule has 152 valence electrons. The van der Waals surface area contributed by atoms with Gasteiger partial charge in [-0.2, -0.15) is 13.2 Å². The molecule has 0 aromatic heterocycles. The second kappa shape index (κ2) is 7.26. The highest BCUT2D eigenvalue weighted by molar-refractivity contribution is 7.90. The summed E-state index contributed by atoms with van der Waals surface area (Å²) in [6.45, 7) is 12.5. The minimum atomic E-state index is -4.58. The van der Waals surface area contributed by atoms with Crippen molar-refractivity contribution in [3.8, 4) is 0 Å². The molecule has 2 rings (SSSR count). The molecule has 0 saturated carbocycles. The molecule has 2 atom stereocenters. The van der Waals surface area contributed by atoms with Crippen molar-refractivity contribution in [1.82, 2.24) is 4.72 Å². The molecule has 0 radical (unpaired) electrons. The minimum Gasteiger partial charge on any atom is -0.598 e. The third kappa shape index (κ3) is 5.01. The number of halogens is 3. The zero-order valence-electron chi connectivity index (χ0n) is 16.7. The first-order valence-corrected chi connectivity index (χ1v) is 9.90. The molecule has 1 unspecified atom stereocenters. The number of hydrogen-bond donors (Lipinski definition) is 1. The molecule has 4 nitrogen and oxygen atoms in total. The predicted molar refractivity (Wildman–Crippen MR) is 102 cm³/mol. The van der Waals surface area contributed by atoms with E-state index in [2.05, 4.69) is 4.72 Å². The van der Waals surface area contributed by atoms with E-state index < -0.39 is 46.6 Å². The number of alkyl halides is 3. The first-order valence-electron chi connectivity index (χ1n) is 8.75. The summed E-state index contributed by atoms with van der Waals surface area (Å²) in [6, 6.07) is 3.82. The normalized spacial score (nSPS) is 22.0. The van der Waals surface area contributed by atoms with Crippen LogP contribution in [0.5, 0.6) is 0 Å². The van der Waals surface area contributed by atoms with Crippen molar-refractivity contribution in [1.29, 1.82) is 0 Å². The third-order valence-electron chi connectivity index (χ3n) is 4.90. The lowest BCUT2D eigenvalue weighted by molar-refractivity contribution is -0.153. The molecule has 0 bridgehead atoms. The summed E-state index contributed by atoms with van der Waals surface area (Å²) >= 11 is -1.86. The summed E-state index contributed by atoms with van der Waals surface area (Å²) in [5, 5.41) is 0. The van der Waals surface area contributed by atoms with E-state index in [1.807, 2.05) is 27.7 Å². The van der Waals surface area contributed by atoms with Crippen molar-refractivity contribution >= 4 is 23.9 Å². The molecule has 1 aliphatic rings. The molecule has 0 amide bonds. The van der Waals surface area contributed by atoms with E-state index >= 15 is 0 Å². The van der Waals surface area contributed by atoms with Crippen LogP contribution in [0.1, 0.15) is 60.1 Å². The smallest absolute Gasteiger partial charge is 0.494 e. The molecule has 0 aliphatic carbocycles. The Morgan fingerprint density at radius 2 is 1.44 bits per heavy atom. The van der Waals surface area contributed by atoms with Gasteiger partial charge in [0, 0.05) is 11.4 Å². The maximum atomic E-state index is 13.5. The van der Waals surface area contributed by atoms with Crippen LogP contribution in [-0.2, 0) is 20.7 Å². The Labute approximate surface area is 162 Å². The van der Waals surface area contributed by atoms with Crippen LogP contribution in [0.3, 0.4) is 0 Å². The highest BCUT2D eigenvalue weighted by Crippen LogP contribution is 2.37. The van der Waals surface area contributed by atoms with Crippen molar-refractivity contribution in [3.63, 3.8) is 0 Å². The summed E-state index contributed by atoms with van der Waals surface area (Å²) < 4.78 is 65.9. The number of nitrogens with one attached hydrogen (secondary N) is 1. The number of benzene rings is 1. The molecular weight excluding hydrogens is 378 g/mol. The fraction of sp³-hybridized carbons (Fsp3) is 0.667. The lowest BCUT2D eigenvalue weighted by Gasteiger charge is -2.32.